The number of fused-ring (bicyclic) bond motifs is 1. The number of carbonyl (C=O) groups is 2. The molecule has 0 fully saturated rings. The Morgan fingerprint density at radius 1 is 1.24 bits per heavy atom. The maximum absolute atomic E-state index is 12.4. The number of ether oxygens (including phenoxy) is 1. The number of imidazole rings is 1. The van der Waals surface area contributed by atoms with Gasteiger partial charge in [-0.3, -0.25) is 4.79 Å². The molecule has 7 nitrogen and oxygen atoms in total. The summed E-state index contributed by atoms with van der Waals surface area (Å²) < 4.78 is 5.02. The van der Waals surface area contributed by atoms with Crippen LogP contribution in [-0.4, -0.2) is 40.1 Å². The van der Waals surface area contributed by atoms with Crippen LogP contribution in [0.5, 0.6) is 6.01 Å². The summed E-state index contributed by atoms with van der Waals surface area (Å²) >= 11 is 0. The number of hydrogen-bond donors (Lipinski definition) is 3. The largest absolute Gasteiger partial charge is 0.480 e. The number of hydrogen-bond acceptors (Lipinski definition) is 4. The zero-order chi connectivity index (χ0) is 17.8. The van der Waals surface area contributed by atoms with E-state index in [0.29, 0.717) is 22.6 Å². The summed E-state index contributed by atoms with van der Waals surface area (Å²) in [6.07, 6.45) is 0.210. The summed E-state index contributed by atoms with van der Waals surface area (Å²) in [6.45, 7) is 0. The second kappa shape index (κ2) is 7.04. The van der Waals surface area contributed by atoms with Gasteiger partial charge in [0.15, 0.2) is 0 Å². The van der Waals surface area contributed by atoms with Crippen LogP contribution in [0.2, 0.25) is 0 Å². The van der Waals surface area contributed by atoms with E-state index in [9.17, 15) is 14.7 Å². The lowest BCUT2D eigenvalue weighted by Crippen LogP contribution is -2.42. The third-order valence-corrected chi connectivity index (χ3v) is 3.80. The summed E-state index contributed by atoms with van der Waals surface area (Å²) in [5.41, 5.74) is 2.48. The van der Waals surface area contributed by atoms with Gasteiger partial charge in [0.1, 0.15) is 6.04 Å². The van der Waals surface area contributed by atoms with Crippen molar-refractivity contribution in [2.45, 2.75) is 12.5 Å². The number of rotatable bonds is 6. The van der Waals surface area contributed by atoms with Crippen molar-refractivity contribution in [3.8, 4) is 6.01 Å². The van der Waals surface area contributed by atoms with Crippen molar-refractivity contribution in [2.75, 3.05) is 7.11 Å². The van der Waals surface area contributed by atoms with Crippen LogP contribution < -0.4 is 10.1 Å². The molecule has 1 amide bonds. The molecule has 0 saturated heterocycles. The quantitative estimate of drug-likeness (QED) is 0.637. The molecule has 1 aromatic heterocycles. The number of nitrogens with one attached hydrogen (secondary N) is 2. The molecule has 0 aliphatic rings. The van der Waals surface area contributed by atoms with Gasteiger partial charge in [-0.25, -0.2) is 4.79 Å². The lowest BCUT2D eigenvalue weighted by molar-refractivity contribution is -0.139. The minimum atomic E-state index is -1.08. The van der Waals surface area contributed by atoms with Crippen LogP contribution in [0.1, 0.15) is 15.9 Å². The topological polar surface area (TPSA) is 104 Å². The first kappa shape index (κ1) is 16.5. The normalized spacial score (nSPS) is 11.9. The van der Waals surface area contributed by atoms with Gasteiger partial charge in [0, 0.05) is 12.0 Å². The highest BCUT2D eigenvalue weighted by molar-refractivity contribution is 5.99. The van der Waals surface area contributed by atoms with Crippen LogP contribution in [0, 0.1) is 0 Å². The number of aromatic amines is 1. The Balaban J connectivity index is 1.77. The van der Waals surface area contributed by atoms with Gasteiger partial charge in [-0.1, -0.05) is 30.3 Å². The Morgan fingerprint density at radius 2 is 2.00 bits per heavy atom. The molecule has 25 heavy (non-hydrogen) atoms. The number of methoxy groups -OCH3 is 1. The minimum absolute atomic E-state index is 0.210. The van der Waals surface area contributed by atoms with Gasteiger partial charge in [0.25, 0.3) is 11.9 Å². The smallest absolute Gasteiger partial charge is 0.326 e. The summed E-state index contributed by atoms with van der Waals surface area (Å²) in [6, 6.07) is 13.4. The Kier molecular flexibility index (Phi) is 4.65. The van der Waals surface area contributed by atoms with Gasteiger partial charge in [0.2, 0.25) is 0 Å². The summed E-state index contributed by atoms with van der Waals surface area (Å²) in [5.74, 6) is -1.54. The summed E-state index contributed by atoms with van der Waals surface area (Å²) in [4.78, 5) is 31.0. The number of nitrogens with zero attached hydrogens (tertiary/aromatic N) is 1. The third-order valence-electron chi connectivity index (χ3n) is 3.80. The molecular weight excluding hydrogens is 322 g/mol. The summed E-state index contributed by atoms with van der Waals surface area (Å²) in [5, 5.41) is 12.0. The van der Waals surface area contributed by atoms with Crippen molar-refractivity contribution in [3.05, 3.63) is 59.7 Å². The Hall–Kier alpha value is -3.35. The van der Waals surface area contributed by atoms with E-state index in [1.165, 1.54) is 7.11 Å². The van der Waals surface area contributed by atoms with Crippen molar-refractivity contribution in [1.82, 2.24) is 15.3 Å². The predicted molar refractivity (Wildman–Crippen MR) is 91.7 cm³/mol. The van der Waals surface area contributed by atoms with Crippen LogP contribution in [-0.2, 0) is 11.2 Å². The Bertz CT molecular complexity index is 905. The van der Waals surface area contributed by atoms with E-state index in [4.69, 9.17) is 4.74 Å². The van der Waals surface area contributed by atoms with Crippen molar-refractivity contribution < 1.29 is 19.4 Å². The minimum Gasteiger partial charge on any atom is -0.480 e. The van der Waals surface area contributed by atoms with Gasteiger partial charge >= 0.3 is 5.97 Å². The number of aliphatic carboxylic acids is 1. The molecule has 2 aromatic carbocycles. The molecule has 0 bridgehead atoms. The molecule has 0 saturated carbocycles. The SMILES string of the molecule is COc1nc2ccc(C(=O)NC(Cc3ccccc3)C(=O)O)cc2[nH]1. The van der Waals surface area contributed by atoms with Gasteiger partial charge in [-0.15, -0.1) is 0 Å². The number of carbonyl (C=O) groups excluding carboxylic acids is 1. The predicted octanol–water partition coefficient (Wildman–Crippen LogP) is 2.00. The molecule has 3 N–H and O–H groups in total. The lowest BCUT2D eigenvalue weighted by Gasteiger charge is -2.14. The van der Waals surface area contributed by atoms with Gasteiger partial charge in [-0.05, 0) is 23.8 Å². The van der Waals surface area contributed by atoms with E-state index in [1.807, 2.05) is 30.3 Å². The molecule has 1 unspecified atom stereocenters. The third kappa shape index (κ3) is 3.77. The average Bonchev–Trinajstić information content (AvgIpc) is 3.04. The monoisotopic (exact) mass is 339 g/mol. The Morgan fingerprint density at radius 3 is 2.68 bits per heavy atom. The number of carboxylic acid groups (broad SMARTS) is 1. The highest BCUT2D eigenvalue weighted by Gasteiger charge is 2.21. The van der Waals surface area contributed by atoms with Gasteiger partial charge in [0.05, 0.1) is 18.1 Å². The molecule has 0 radical (unpaired) electrons. The highest BCUT2D eigenvalue weighted by atomic mass is 16.5. The van der Waals surface area contributed by atoms with Crippen LogP contribution in [0.25, 0.3) is 11.0 Å². The maximum Gasteiger partial charge on any atom is 0.326 e. The van der Waals surface area contributed by atoms with E-state index >= 15 is 0 Å². The average molecular weight is 339 g/mol. The zero-order valence-corrected chi connectivity index (χ0v) is 13.5. The number of aromatic nitrogens is 2. The van der Waals surface area contributed by atoms with Gasteiger partial charge < -0.3 is 20.1 Å². The molecule has 0 aliphatic heterocycles. The molecule has 1 heterocycles. The molecule has 7 heteroatoms. The van der Waals surface area contributed by atoms with Crippen molar-refractivity contribution in [2.24, 2.45) is 0 Å². The first-order valence-electron chi connectivity index (χ1n) is 7.68. The van der Waals surface area contributed by atoms with Crippen LogP contribution >= 0.6 is 0 Å². The first-order valence-corrected chi connectivity index (χ1v) is 7.68. The van der Waals surface area contributed by atoms with Gasteiger partial charge in [-0.2, -0.15) is 4.98 Å². The van der Waals surface area contributed by atoms with Crippen molar-refractivity contribution in [1.29, 1.82) is 0 Å². The van der Waals surface area contributed by atoms with Crippen LogP contribution in [0.3, 0.4) is 0 Å². The second-order valence-corrected chi connectivity index (χ2v) is 5.53. The van der Waals surface area contributed by atoms with Crippen LogP contribution in [0.15, 0.2) is 48.5 Å². The molecule has 3 aromatic rings. The second-order valence-electron chi connectivity index (χ2n) is 5.53. The molecular formula is C18H17N3O4. The number of amides is 1. The molecule has 1 atom stereocenters. The standard InChI is InChI=1S/C18H17N3O4/c1-25-18-20-13-8-7-12(10-14(13)21-18)16(22)19-15(17(23)24)9-11-5-3-2-4-6-11/h2-8,10,15H,9H2,1H3,(H,19,22)(H,20,21)(H,23,24). The van der Waals surface area contributed by atoms with E-state index in [1.54, 1.807) is 18.2 Å². The number of H-pyrrole nitrogens is 1. The Labute approximate surface area is 143 Å². The number of benzene rings is 2. The van der Waals surface area contributed by atoms with E-state index in [2.05, 4.69) is 15.3 Å². The number of carboxylic acids is 1. The fraction of sp³-hybridized carbons (Fsp3) is 0.167. The highest BCUT2D eigenvalue weighted by Crippen LogP contribution is 2.17. The molecule has 0 aliphatic carbocycles. The summed E-state index contributed by atoms with van der Waals surface area (Å²) in [7, 11) is 1.49. The van der Waals surface area contributed by atoms with Crippen LogP contribution in [0.4, 0.5) is 0 Å². The van der Waals surface area contributed by atoms with Crippen molar-refractivity contribution in [3.63, 3.8) is 0 Å². The first-order chi connectivity index (χ1) is 12.1. The van der Waals surface area contributed by atoms with Crippen molar-refractivity contribution >= 4 is 22.9 Å². The molecule has 0 spiro atoms. The fourth-order valence-corrected chi connectivity index (χ4v) is 2.52. The fourth-order valence-electron chi connectivity index (χ4n) is 2.52. The maximum atomic E-state index is 12.4. The van der Waals surface area contributed by atoms with E-state index < -0.39 is 17.9 Å². The van der Waals surface area contributed by atoms with E-state index in [0.717, 1.165) is 5.56 Å². The zero-order valence-electron chi connectivity index (χ0n) is 13.5. The lowest BCUT2D eigenvalue weighted by atomic mass is 10.1. The molecule has 128 valence electrons. The van der Waals surface area contributed by atoms with E-state index in [-0.39, 0.29) is 6.42 Å². The molecule has 3 rings (SSSR count).